The Hall–Kier alpha value is -0.810. The number of nitrogens with two attached hydrogens (primary N) is 1. The van der Waals surface area contributed by atoms with Crippen molar-refractivity contribution in [2.45, 2.75) is 32.7 Å². The zero-order valence-electron chi connectivity index (χ0n) is 10.9. The summed E-state index contributed by atoms with van der Waals surface area (Å²) in [5, 5.41) is 0. The molecule has 0 saturated heterocycles. The van der Waals surface area contributed by atoms with Crippen LogP contribution in [-0.2, 0) is 14.3 Å². The van der Waals surface area contributed by atoms with E-state index < -0.39 is 6.04 Å². The second-order valence-electron chi connectivity index (χ2n) is 4.21. The number of likely N-dealkylation sites (N-methyl/N-ethyl adjacent to an activating group) is 1. The lowest BCUT2D eigenvalue weighted by molar-refractivity contribution is -0.141. The van der Waals surface area contributed by atoms with Gasteiger partial charge in [-0.2, -0.15) is 0 Å². The molecule has 0 aliphatic carbocycles. The Bertz CT molecular complexity index is 247. The molecule has 17 heavy (non-hydrogen) atoms. The third-order valence-corrected chi connectivity index (χ3v) is 2.48. The van der Waals surface area contributed by atoms with Crippen molar-refractivity contribution in [2.24, 2.45) is 11.7 Å². The van der Waals surface area contributed by atoms with E-state index in [1.807, 2.05) is 13.8 Å². The summed E-state index contributed by atoms with van der Waals surface area (Å²) < 4.78 is 4.51. The highest BCUT2D eigenvalue weighted by Gasteiger charge is 2.20. The second-order valence-corrected chi connectivity index (χ2v) is 4.21. The van der Waals surface area contributed by atoms with Crippen LogP contribution in [-0.4, -0.2) is 43.5 Å². The summed E-state index contributed by atoms with van der Waals surface area (Å²) >= 11 is 0. The van der Waals surface area contributed by atoms with Gasteiger partial charge in [-0.1, -0.05) is 13.8 Å². The molecule has 0 heterocycles. The van der Waals surface area contributed by atoms with Gasteiger partial charge in [0.05, 0.1) is 13.2 Å². The average molecular weight is 267 g/mol. The lowest BCUT2D eigenvalue weighted by atomic mass is 10.0. The maximum Gasteiger partial charge on any atom is 0.305 e. The predicted molar refractivity (Wildman–Crippen MR) is 68.9 cm³/mol. The zero-order valence-corrected chi connectivity index (χ0v) is 11.8. The van der Waals surface area contributed by atoms with Crippen LogP contribution >= 0.6 is 12.4 Å². The van der Waals surface area contributed by atoms with E-state index in [0.717, 1.165) is 0 Å². The van der Waals surface area contributed by atoms with Gasteiger partial charge in [0.25, 0.3) is 0 Å². The van der Waals surface area contributed by atoms with Gasteiger partial charge in [0.2, 0.25) is 5.91 Å². The highest BCUT2D eigenvalue weighted by Crippen LogP contribution is 2.03. The first kappa shape index (κ1) is 18.6. The van der Waals surface area contributed by atoms with Crippen LogP contribution < -0.4 is 5.73 Å². The number of hydrogen-bond donors (Lipinski definition) is 1. The minimum atomic E-state index is -0.469. The average Bonchev–Trinajstić information content (AvgIpc) is 2.26. The topological polar surface area (TPSA) is 72.6 Å². The van der Waals surface area contributed by atoms with Crippen LogP contribution in [0.3, 0.4) is 0 Å². The maximum atomic E-state index is 11.7. The fourth-order valence-corrected chi connectivity index (χ4v) is 1.21. The molecule has 0 bridgehead atoms. The number of rotatable bonds is 6. The predicted octanol–water partition coefficient (Wildman–Crippen LogP) is 0.803. The van der Waals surface area contributed by atoms with Crippen molar-refractivity contribution < 1.29 is 14.3 Å². The summed E-state index contributed by atoms with van der Waals surface area (Å²) in [7, 11) is 3.05. The summed E-state index contributed by atoms with van der Waals surface area (Å²) in [5.74, 6) is -0.218. The number of esters is 1. The number of amides is 1. The van der Waals surface area contributed by atoms with E-state index in [9.17, 15) is 9.59 Å². The summed E-state index contributed by atoms with van der Waals surface area (Å²) in [6.45, 7) is 4.34. The van der Waals surface area contributed by atoms with Crippen molar-refractivity contribution >= 4 is 24.3 Å². The lowest BCUT2D eigenvalue weighted by Crippen LogP contribution is -2.45. The van der Waals surface area contributed by atoms with Crippen LogP contribution in [0.25, 0.3) is 0 Å². The fourth-order valence-electron chi connectivity index (χ4n) is 1.21. The molecule has 2 N–H and O–H groups in total. The maximum absolute atomic E-state index is 11.7. The molecule has 6 heteroatoms. The molecule has 1 atom stereocenters. The zero-order chi connectivity index (χ0) is 12.7. The minimum Gasteiger partial charge on any atom is -0.469 e. The first-order valence-electron chi connectivity index (χ1n) is 5.47. The van der Waals surface area contributed by atoms with Crippen LogP contribution in [0.5, 0.6) is 0 Å². The molecule has 0 aromatic carbocycles. The smallest absolute Gasteiger partial charge is 0.305 e. The van der Waals surface area contributed by atoms with E-state index in [4.69, 9.17) is 5.73 Å². The molecule has 0 fully saturated rings. The van der Waals surface area contributed by atoms with Crippen molar-refractivity contribution in [3.8, 4) is 0 Å². The van der Waals surface area contributed by atoms with Gasteiger partial charge in [-0.3, -0.25) is 9.59 Å². The Labute approximate surface area is 109 Å². The van der Waals surface area contributed by atoms with E-state index >= 15 is 0 Å². The van der Waals surface area contributed by atoms with Gasteiger partial charge in [0, 0.05) is 20.0 Å². The minimum absolute atomic E-state index is 0. The Kier molecular flexibility index (Phi) is 10.1. The summed E-state index contributed by atoms with van der Waals surface area (Å²) in [6, 6.07) is -0.469. The highest BCUT2D eigenvalue weighted by atomic mass is 35.5. The molecule has 0 radical (unpaired) electrons. The number of carbonyl (C=O) groups is 2. The quantitative estimate of drug-likeness (QED) is 0.722. The van der Waals surface area contributed by atoms with Crippen molar-refractivity contribution in [3.05, 3.63) is 0 Å². The normalized spacial score (nSPS) is 11.6. The monoisotopic (exact) mass is 266 g/mol. The summed E-state index contributed by atoms with van der Waals surface area (Å²) in [4.78, 5) is 24.1. The molecule has 0 unspecified atom stereocenters. The highest BCUT2D eigenvalue weighted by molar-refractivity contribution is 5.85. The number of nitrogens with zero attached hydrogens (tertiary/aromatic N) is 1. The number of carbonyl (C=O) groups excluding carboxylic acids is 2. The van der Waals surface area contributed by atoms with E-state index in [2.05, 4.69) is 4.74 Å². The standard InChI is InChI=1S/C11H22N2O3.ClH/c1-8(2)10(12)11(15)13(3)7-5-6-9(14)16-4;/h8,10H,5-7,12H2,1-4H3;1H/t10-;/m0./s1. The molecule has 0 aromatic heterocycles. The molecule has 0 aliphatic rings. The van der Waals surface area contributed by atoms with Gasteiger partial charge in [-0.15, -0.1) is 12.4 Å². The van der Waals surface area contributed by atoms with Crippen LogP contribution in [0.2, 0.25) is 0 Å². The van der Waals surface area contributed by atoms with Gasteiger partial charge in [0.1, 0.15) is 0 Å². The van der Waals surface area contributed by atoms with Crippen molar-refractivity contribution in [1.82, 2.24) is 4.90 Å². The van der Waals surface area contributed by atoms with E-state index in [1.165, 1.54) is 7.11 Å². The molecular formula is C11H23ClN2O3. The van der Waals surface area contributed by atoms with Gasteiger partial charge >= 0.3 is 5.97 Å². The van der Waals surface area contributed by atoms with E-state index in [1.54, 1.807) is 11.9 Å². The summed E-state index contributed by atoms with van der Waals surface area (Å²) in [6.07, 6.45) is 0.921. The van der Waals surface area contributed by atoms with Crippen LogP contribution in [0.1, 0.15) is 26.7 Å². The van der Waals surface area contributed by atoms with Crippen molar-refractivity contribution in [2.75, 3.05) is 20.7 Å². The van der Waals surface area contributed by atoms with Gasteiger partial charge in [-0.25, -0.2) is 0 Å². The molecule has 5 nitrogen and oxygen atoms in total. The molecule has 0 spiro atoms. The van der Waals surface area contributed by atoms with Crippen LogP contribution in [0.15, 0.2) is 0 Å². The lowest BCUT2D eigenvalue weighted by Gasteiger charge is -2.23. The van der Waals surface area contributed by atoms with Crippen molar-refractivity contribution in [3.63, 3.8) is 0 Å². The molecule has 0 rings (SSSR count). The first-order valence-corrected chi connectivity index (χ1v) is 5.47. The van der Waals surface area contributed by atoms with Gasteiger partial charge in [-0.05, 0) is 12.3 Å². The van der Waals surface area contributed by atoms with Crippen molar-refractivity contribution in [1.29, 1.82) is 0 Å². The molecule has 1 amide bonds. The molecule has 102 valence electrons. The first-order chi connectivity index (χ1) is 7.40. The van der Waals surface area contributed by atoms with Crippen LogP contribution in [0.4, 0.5) is 0 Å². The Morgan fingerprint density at radius 3 is 2.29 bits per heavy atom. The Morgan fingerprint density at radius 2 is 1.88 bits per heavy atom. The van der Waals surface area contributed by atoms with Crippen LogP contribution in [0, 0.1) is 5.92 Å². The van der Waals surface area contributed by atoms with E-state index in [0.29, 0.717) is 19.4 Å². The number of ether oxygens (including phenoxy) is 1. The largest absolute Gasteiger partial charge is 0.469 e. The molecular weight excluding hydrogens is 244 g/mol. The molecule has 0 aliphatic heterocycles. The second kappa shape index (κ2) is 9.24. The molecule has 0 saturated carbocycles. The number of hydrogen-bond acceptors (Lipinski definition) is 4. The molecule has 0 aromatic rings. The fraction of sp³-hybridized carbons (Fsp3) is 0.818. The van der Waals surface area contributed by atoms with E-state index in [-0.39, 0.29) is 30.2 Å². The third-order valence-electron chi connectivity index (χ3n) is 2.48. The van der Waals surface area contributed by atoms with Gasteiger partial charge < -0.3 is 15.4 Å². The summed E-state index contributed by atoms with van der Waals surface area (Å²) in [5.41, 5.74) is 5.74. The number of halogens is 1. The Balaban J connectivity index is 0. The number of methoxy groups -OCH3 is 1. The SMILES string of the molecule is COC(=O)CCCN(C)C(=O)[C@@H](N)C(C)C.Cl. The third kappa shape index (κ3) is 7.18. The van der Waals surface area contributed by atoms with Gasteiger partial charge in [0.15, 0.2) is 0 Å². The Morgan fingerprint density at radius 1 is 1.35 bits per heavy atom.